The first-order chi connectivity index (χ1) is 13.4. The highest BCUT2D eigenvalue weighted by atomic mass is 15.4. The van der Waals surface area contributed by atoms with Crippen LogP contribution in [-0.2, 0) is 13.1 Å². The molecule has 0 saturated heterocycles. The zero-order chi connectivity index (χ0) is 20.3. The van der Waals surface area contributed by atoms with Crippen molar-refractivity contribution in [3.8, 4) is 0 Å². The molecule has 2 aromatic rings. The molecule has 3 nitrogen and oxygen atoms in total. The average molecular weight is 379 g/mol. The Morgan fingerprint density at radius 1 is 0.821 bits per heavy atom. The van der Waals surface area contributed by atoms with E-state index in [9.17, 15) is 0 Å². The number of hydrogen-bond acceptors (Lipinski definition) is 2. The van der Waals surface area contributed by atoms with E-state index in [2.05, 4.69) is 117 Å². The predicted molar refractivity (Wildman–Crippen MR) is 116 cm³/mol. The zero-order valence-electron chi connectivity index (χ0n) is 18.3. The Kier molecular flexibility index (Phi) is 6.43. The van der Waals surface area contributed by atoms with E-state index in [0.717, 1.165) is 13.1 Å². The second-order valence-corrected chi connectivity index (χ2v) is 8.85. The van der Waals surface area contributed by atoms with Gasteiger partial charge in [0.2, 0.25) is 5.69 Å². The van der Waals surface area contributed by atoms with Gasteiger partial charge in [0.25, 0.3) is 0 Å². The monoisotopic (exact) mass is 378 g/mol. The van der Waals surface area contributed by atoms with Gasteiger partial charge in [-0.1, -0.05) is 58.0 Å². The Morgan fingerprint density at radius 2 is 1.46 bits per heavy atom. The van der Waals surface area contributed by atoms with Crippen molar-refractivity contribution in [2.24, 2.45) is 5.92 Å². The fourth-order valence-corrected chi connectivity index (χ4v) is 4.35. The van der Waals surface area contributed by atoms with Crippen molar-refractivity contribution in [1.82, 2.24) is 9.80 Å². The smallest absolute Gasteiger partial charge is 0.201 e. The van der Waals surface area contributed by atoms with Gasteiger partial charge in [-0.05, 0) is 36.8 Å². The summed E-state index contributed by atoms with van der Waals surface area (Å²) in [5.74, 6) is 1.09. The van der Waals surface area contributed by atoms with Gasteiger partial charge in [0.1, 0.15) is 12.7 Å². The third-order valence-corrected chi connectivity index (χ3v) is 5.63. The highest BCUT2D eigenvalue weighted by molar-refractivity contribution is 5.30. The Balaban J connectivity index is 1.81. The lowest BCUT2D eigenvalue weighted by atomic mass is 9.96. The Labute approximate surface area is 171 Å². The van der Waals surface area contributed by atoms with Gasteiger partial charge >= 0.3 is 0 Å². The minimum atomic E-state index is 0.376. The topological polar surface area (TPSA) is 10.4 Å². The average Bonchev–Trinajstić information content (AvgIpc) is 3.04. The molecular weight excluding hydrogens is 342 g/mol. The fourth-order valence-electron chi connectivity index (χ4n) is 4.35. The van der Waals surface area contributed by atoms with Crippen LogP contribution < -0.4 is 4.57 Å². The molecule has 1 aromatic heterocycles. The molecule has 0 aliphatic carbocycles. The molecule has 0 amide bonds. The molecule has 3 rings (SSSR count). The van der Waals surface area contributed by atoms with E-state index in [4.69, 9.17) is 0 Å². The molecule has 0 radical (unpaired) electrons. The maximum absolute atomic E-state index is 2.51. The molecule has 3 heteroatoms. The number of aromatic nitrogens is 1. The Bertz CT molecular complexity index is 743. The van der Waals surface area contributed by atoms with Crippen molar-refractivity contribution in [2.45, 2.75) is 72.8 Å². The van der Waals surface area contributed by atoms with Crippen LogP contribution in [-0.4, -0.2) is 16.0 Å². The lowest BCUT2D eigenvalue weighted by Gasteiger charge is -2.35. The van der Waals surface area contributed by atoms with Crippen LogP contribution in [0.15, 0.2) is 61.1 Å². The van der Waals surface area contributed by atoms with E-state index in [1.807, 2.05) is 0 Å². The summed E-state index contributed by atoms with van der Waals surface area (Å²) in [7, 11) is 0. The summed E-state index contributed by atoms with van der Waals surface area (Å²) in [6.45, 7) is 15.6. The molecule has 1 aromatic carbocycles. The summed E-state index contributed by atoms with van der Waals surface area (Å²) in [4.78, 5) is 5.01. The summed E-state index contributed by atoms with van der Waals surface area (Å²) in [5, 5.41) is 0. The zero-order valence-corrected chi connectivity index (χ0v) is 18.3. The lowest BCUT2D eigenvalue weighted by Crippen LogP contribution is -2.46. The van der Waals surface area contributed by atoms with Gasteiger partial charge in [0.05, 0.1) is 0 Å². The predicted octanol–water partition coefficient (Wildman–Crippen LogP) is 5.45. The molecule has 1 atom stereocenters. The van der Waals surface area contributed by atoms with Crippen molar-refractivity contribution in [3.63, 3.8) is 0 Å². The molecular formula is C25H36N3+. The summed E-state index contributed by atoms with van der Waals surface area (Å²) < 4.78 is 2.38. The number of benzene rings is 1. The highest BCUT2D eigenvalue weighted by Crippen LogP contribution is 2.28. The van der Waals surface area contributed by atoms with Crippen LogP contribution in [0.2, 0.25) is 0 Å². The number of rotatable bonds is 7. The second-order valence-electron chi connectivity index (χ2n) is 8.85. The maximum atomic E-state index is 2.51. The Morgan fingerprint density at radius 3 is 2.11 bits per heavy atom. The molecule has 1 aliphatic heterocycles. The standard InChI is InChI=1S/C25H36N3/c1-19(2)24-13-8-7-11-22(24)17-26-15-16-27(25(26)20(3)4)18-23-12-9-10-14-28(23)21(5)6/h7-16,19-21,25H,17-18H2,1-6H3/q+1. The second kappa shape index (κ2) is 8.81. The number of pyridine rings is 1. The van der Waals surface area contributed by atoms with E-state index < -0.39 is 0 Å². The quantitative estimate of drug-likeness (QED) is 0.593. The molecule has 0 bridgehead atoms. The van der Waals surface area contributed by atoms with Gasteiger partial charge < -0.3 is 9.80 Å². The first-order valence-electron chi connectivity index (χ1n) is 10.6. The number of nitrogens with zero attached hydrogens (tertiary/aromatic N) is 3. The third kappa shape index (κ3) is 4.40. The molecule has 28 heavy (non-hydrogen) atoms. The van der Waals surface area contributed by atoms with Gasteiger partial charge in [-0.2, -0.15) is 4.57 Å². The first kappa shape index (κ1) is 20.4. The highest BCUT2D eigenvalue weighted by Gasteiger charge is 2.31. The van der Waals surface area contributed by atoms with E-state index in [0.29, 0.717) is 24.0 Å². The van der Waals surface area contributed by atoms with Gasteiger partial charge in [-0.3, -0.25) is 0 Å². The van der Waals surface area contributed by atoms with E-state index in [-0.39, 0.29) is 0 Å². The van der Waals surface area contributed by atoms with Crippen LogP contribution in [0, 0.1) is 5.92 Å². The van der Waals surface area contributed by atoms with Crippen LogP contribution in [0.3, 0.4) is 0 Å². The Hall–Kier alpha value is -2.29. The normalized spacial score (nSPS) is 16.8. The fraction of sp³-hybridized carbons (Fsp3) is 0.480. The molecule has 0 saturated carbocycles. The molecule has 150 valence electrons. The summed E-state index contributed by atoms with van der Waals surface area (Å²) in [6, 6.07) is 15.9. The van der Waals surface area contributed by atoms with Gasteiger partial charge in [0, 0.05) is 31.1 Å². The van der Waals surface area contributed by atoms with Gasteiger partial charge in [0.15, 0.2) is 12.2 Å². The maximum Gasteiger partial charge on any atom is 0.201 e. The SMILES string of the molecule is CC(C)c1ccccc1CN1C=CN(Cc2cccc[n+]2C(C)C)C1C(C)C. The van der Waals surface area contributed by atoms with Crippen LogP contribution >= 0.6 is 0 Å². The summed E-state index contributed by atoms with van der Waals surface area (Å²) in [6.07, 6.45) is 7.13. The minimum Gasteiger partial charge on any atom is -0.351 e. The van der Waals surface area contributed by atoms with Gasteiger partial charge in [-0.25, -0.2) is 0 Å². The first-order valence-corrected chi connectivity index (χ1v) is 10.6. The minimum absolute atomic E-state index is 0.376. The van der Waals surface area contributed by atoms with Crippen molar-refractivity contribution in [1.29, 1.82) is 0 Å². The molecule has 0 N–H and O–H groups in total. The third-order valence-electron chi connectivity index (χ3n) is 5.63. The van der Waals surface area contributed by atoms with Crippen molar-refractivity contribution in [2.75, 3.05) is 0 Å². The van der Waals surface area contributed by atoms with E-state index in [1.54, 1.807) is 0 Å². The molecule has 1 aliphatic rings. The van der Waals surface area contributed by atoms with Crippen LogP contribution in [0.1, 0.15) is 70.3 Å². The molecule has 1 unspecified atom stereocenters. The van der Waals surface area contributed by atoms with Crippen LogP contribution in [0.25, 0.3) is 0 Å². The van der Waals surface area contributed by atoms with Gasteiger partial charge in [-0.15, -0.1) is 0 Å². The van der Waals surface area contributed by atoms with Crippen molar-refractivity contribution < 1.29 is 4.57 Å². The van der Waals surface area contributed by atoms with Crippen molar-refractivity contribution in [3.05, 3.63) is 77.9 Å². The van der Waals surface area contributed by atoms with Crippen molar-refractivity contribution >= 4 is 0 Å². The molecule has 0 spiro atoms. The summed E-state index contributed by atoms with van der Waals surface area (Å²) in [5.41, 5.74) is 4.25. The largest absolute Gasteiger partial charge is 0.351 e. The van der Waals surface area contributed by atoms with Crippen LogP contribution in [0.4, 0.5) is 0 Å². The summed E-state index contributed by atoms with van der Waals surface area (Å²) >= 11 is 0. The molecule has 0 fully saturated rings. The lowest BCUT2D eigenvalue weighted by molar-refractivity contribution is -0.724. The number of hydrogen-bond donors (Lipinski definition) is 0. The van der Waals surface area contributed by atoms with Crippen LogP contribution in [0.5, 0.6) is 0 Å². The molecule has 2 heterocycles. The van der Waals surface area contributed by atoms with E-state index in [1.165, 1.54) is 16.8 Å². The van der Waals surface area contributed by atoms with E-state index >= 15 is 0 Å².